The van der Waals surface area contributed by atoms with Crippen molar-refractivity contribution in [1.29, 1.82) is 0 Å². The van der Waals surface area contributed by atoms with Crippen LogP contribution in [0.15, 0.2) is 24.3 Å². The molecule has 5 nitrogen and oxygen atoms in total. The van der Waals surface area contributed by atoms with Crippen LogP contribution < -0.4 is 0 Å². The third-order valence-electron chi connectivity index (χ3n) is 5.64. The number of ketones is 1. The van der Waals surface area contributed by atoms with Gasteiger partial charge in [0.2, 0.25) is 11.8 Å². The van der Waals surface area contributed by atoms with Crippen molar-refractivity contribution < 1.29 is 27.6 Å². The van der Waals surface area contributed by atoms with Gasteiger partial charge in [0.15, 0.2) is 5.78 Å². The molecule has 0 bridgehead atoms. The highest BCUT2D eigenvalue weighted by Crippen LogP contribution is 2.30. The molecule has 2 heterocycles. The van der Waals surface area contributed by atoms with Crippen LogP contribution in [0, 0.1) is 5.92 Å². The molecular weight excluding hydrogens is 385 g/mol. The molecule has 0 radical (unpaired) electrons. The Hall–Kier alpha value is -2.38. The molecule has 0 N–H and O–H groups in total. The third-order valence-corrected chi connectivity index (χ3v) is 5.64. The van der Waals surface area contributed by atoms with E-state index < -0.39 is 17.7 Å². The minimum atomic E-state index is -4.50. The van der Waals surface area contributed by atoms with Crippen molar-refractivity contribution in [2.45, 2.75) is 44.7 Å². The first-order chi connectivity index (χ1) is 13.8. The topological polar surface area (TPSA) is 57.7 Å². The molecule has 0 aromatic heterocycles. The molecule has 2 fully saturated rings. The van der Waals surface area contributed by atoms with Gasteiger partial charge in [-0.05, 0) is 37.8 Å². The fraction of sp³-hybridized carbons (Fsp3) is 0.571. The SMILES string of the molecule is O=C(c1cccc(C(F)(F)F)c1)C1CCCN(C(=O)CCN2CCCCC2=O)C1. The number of carbonyl (C=O) groups excluding carboxylic acids is 3. The molecule has 2 amide bonds. The number of piperidine rings is 2. The molecule has 158 valence electrons. The van der Waals surface area contributed by atoms with Crippen LogP contribution in [0.5, 0.6) is 0 Å². The average Bonchev–Trinajstić information content (AvgIpc) is 2.72. The Morgan fingerprint density at radius 3 is 2.62 bits per heavy atom. The van der Waals surface area contributed by atoms with Gasteiger partial charge in [-0.15, -0.1) is 0 Å². The van der Waals surface area contributed by atoms with Gasteiger partial charge in [-0.25, -0.2) is 0 Å². The van der Waals surface area contributed by atoms with Crippen LogP contribution in [0.25, 0.3) is 0 Å². The highest BCUT2D eigenvalue weighted by molar-refractivity contribution is 5.98. The molecule has 1 unspecified atom stereocenters. The molecule has 1 atom stereocenters. The number of hydrogen-bond acceptors (Lipinski definition) is 3. The number of benzene rings is 1. The van der Waals surface area contributed by atoms with E-state index in [-0.39, 0.29) is 36.1 Å². The van der Waals surface area contributed by atoms with Crippen LogP contribution in [-0.4, -0.2) is 53.6 Å². The zero-order valence-corrected chi connectivity index (χ0v) is 16.2. The molecule has 0 aliphatic carbocycles. The summed E-state index contributed by atoms with van der Waals surface area (Å²) >= 11 is 0. The monoisotopic (exact) mass is 410 g/mol. The number of rotatable bonds is 5. The van der Waals surface area contributed by atoms with Crippen LogP contribution in [0.2, 0.25) is 0 Å². The Kier molecular flexibility index (Phi) is 6.59. The van der Waals surface area contributed by atoms with E-state index in [1.165, 1.54) is 12.1 Å². The van der Waals surface area contributed by atoms with E-state index in [2.05, 4.69) is 0 Å². The predicted octanol–water partition coefficient (Wildman–Crippen LogP) is 3.53. The summed E-state index contributed by atoms with van der Waals surface area (Å²) in [5.74, 6) is -0.919. The Morgan fingerprint density at radius 2 is 1.90 bits per heavy atom. The standard InChI is InChI=1S/C21H25F3N2O3/c22-21(23,24)17-7-3-5-15(13-17)20(29)16-6-4-11-26(14-16)19(28)9-12-25-10-2-1-8-18(25)27/h3,5,7,13,16H,1-2,4,6,8-12,14H2. The summed E-state index contributed by atoms with van der Waals surface area (Å²) in [6.45, 7) is 1.78. The number of alkyl halides is 3. The normalized spacial score (nSPS) is 20.7. The lowest BCUT2D eigenvalue weighted by molar-refractivity contribution is -0.138. The number of Topliss-reactive ketones (excluding diaryl/α,β-unsaturated/α-hetero) is 1. The molecule has 2 aliphatic rings. The molecule has 2 saturated heterocycles. The quantitative estimate of drug-likeness (QED) is 0.698. The van der Waals surface area contributed by atoms with Gasteiger partial charge in [0.05, 0.1) is 5.56 Å². The summed E-state index contributed by atoms with van der Waals surface area (Å²) in [4.78, 5) is 40.5. The summed E-state index contributed by atoms with van der Waals surface area (Å²) in [6, 6.07) is 4.44. The van der Waals surface area contributed by atoms with E-state index in [1.807, 2.05) is 0 Å². The minimum Gasteiger partial charge on any atom is -0.342 e. The van der Waals surface area contributed by atoms with Gasteiger partial charge < -0.3 is 9.80 Å². The van der Waals surface area contributed by atoms with Crippen LogP contribution in [-0.2, 0) is 15.8 Å². The van der Waals surface area contributed by atoms with Crippen LogP contribution >= 0.6 is 0 Å². The largest absolute Gasteiger partial charge is 0.416 e. The van der Waals surface area contributed by atoms with Gasteiger partial charge in [0, 0.05) is 50.5 Å². The van der Waals surface area contributed by atoms with Crippen molar-refractivity contribution in [3.8, 4) is 0 Å². The van der Waals surface area contributed by atoms with Crippen molar-refractivity contribution in [3.05, 3.63) is 35.4 Å². The number of hydrogen-bond donors (Lipinski definition) is 0. The Bertz CT molecular complexity index is 779. The number of halogens is 3. The summed E-state index contributed by atoms with van der Waals surface area (Å²) in [6.07, 6.45) is -0.780. The summed E-state index contributed by atoms with van der Waals surface area (Å²) in [5.41, 5.74) is -0.823. The highest BCUT2D eigenvalue weighted by Gasteiger charge is 2.33. The van der Waals surface area contributed by atoms with Gasteiger partial charge in [0.1, 0.15) is 0 Å². The third kappa shape index (κ3) is 5.36. The van der Waals surface area contributed by atoms with Crippen molar-refractivity contribution >= 4 is 17.6 Å². The number of carbonyl (C=O) groups is 3. The first-order valence-electron chi connectivity index (χ1n) is 10.0. The van der Waals surface area contributed by atoms with Gasteiger partial charge in [-0.3, -0.25) is 14.4 Å². The molecular formula is C21H25F3N2O3. The van der Waals surface area contributed by atoms with Gasteiger partial charge in [-0.1, -0.05) is 12.1 Å². The first kappa shape index (κ1) is 21.3. The summed E-state index contributed by atoms with van der Waals surface area (Å²) in [5, 5.41) is 0. The number of likely N-dealkylation sites (tertiary alicyclic amines) is 2. The fourth-order valence-electron chi connectivity index (χ4n) is 3.99. The molecule has 3 rings (SSSR count). The van der Waals surface area contributed by atoms with Crippen molar-refractivity contribution in [1.82, 2.24) is 9.80 Å². The molecule has 29 heavy (non-hydrogen) atoms. The maximum atomic E-state index is 12.9. The van der Waals surface area contributed by atoms with Crippen LogP contribution in [0.4, 0.5) is 13.2 Å². The molecule has 2 aliphatic heterocycles. The molecule has 0 spiro atoms. The Balaban J connectivity index is 1.59. The zero-order chi connectivity index (χ0) is 21.0. The van der Waals surface area contributed by atoms with E-state index in [0.29, 0.717) is 38.9 Å². The fourth-order valence-corrected chi connectivity index (χ4v) is 3.99. The van der Waals surface area contributed by atoms with E-state index in [4.69, 9.17) is 0 Å². The lowest BCUT2D eigenvalue weighted by atomic mass is 9.89. The summed E-state index contributed by atoms with van der Waals surface area (Å²) in [7, 11) is 0. The molecule has 1 aromatic rings. The lowest BCUT2D eigenvalue weighted by Gasteiger charge is -2.33. The van der Waals surface area contributed by atoms with Crippen molar-refractivity contribution in [2.75, 3.05) is 26.2 Å². The van der Waals surface area contributed by atoms with Crippen LogP contribution in [0.3, 0.4) is 0 Å². The van der Waals surface area contributed by atoms with Crippen LogP contribution in [0.1, 0.15) is 54.4 Å². The molecule has 1 aromatic carbocycles. The number of amides is 2. The van der Waals surface area contributed by atoms with Crippen molar-refractivity contribution in [3.63, 3.8) is 0 Å². The van der Waals surface area contributed by atoms with Crippen molar-refractivity contribution in [2.24, 2.45) is 5.92 Å². The van der Waals surface area contributed by atoms with E-state index in [1.54, 1.807) is 9.80 Å². The minimum absolute atomic E-state index is 0.0260. The predicted molar refractivity (Wildman–Crippen MR) is 100 cm³/mol. The highest BCUT2D eigenvalue weighted by atomic mass is 19.4. The van der Waals surface area contributed by atoms with E-state index in [9.17, 15) is 27.6 Å². The maximum absolute atomic E-state index is 12.9. The van der Waals surface area contributed by atoms with E-state index in [0.717, 1.165) is 25.0 Å². The maximum Gasteiger partial charge on any atom is 0.416 e. The average molecular weight is 410 g/mol. The second-order valence-corrected chi connectivity index (χ2v) is 7.71. The first-order valence-corrected chi connectivity index (χ1v) is 10.0. The Labute approximate surface area is 167 Å². The second kappa shape index (κ2) is 8.97. The molecule has 8 heteroatoms. The van der Waals surface area contributed by atoms with Gasteiger partial charge in [0.25, 0.3) is 0 Å². The number of nitrogens with zero attached hydrogens (tertiary/aromatic N) is 2. The van der Waals surface area contributed by atoms with E-state index >= 15 is 0 Å². The summed E-state index contributed by atoms with van der Waals surface area (Å²) < 4.78 is 38.7. The van der Waals surface area contributed by atoms with Gasteiger partial charge >= 0.3 is 6.18 Å². The van der Waals surface area contributed by atoms with Gasteiger partial charge in [-0.2, -0.15) is 13.2 Å². The lowest BCUT2D eigenvalue weighted by Crippen LogP contribution is -2.44. The smallest absolute Gasteiger partial charge is 0.342 e. The second-order valence-electron chi connectivity index (χ2n) is 7.71. The zero-order valence-electron chi connectivity index (χ0n) is 16.2. The Morgan fingerprint density at radius 1 is 1.10 bits per heavy atom. The molecule has 0 saturated carbocycles.